The van der Waals surface area contributed by atoms with E-state index in [-0.39, 0.29) is 55.1 Å². The topological polar surface area (TPSA) is 12.0 Å². The Morgan fingerprint density at radius 3 is 1.77 bits per heavy atom. The van der Waals surface area contributed by atoms with Crippen molar-refractivity contribution in [2.45, 2.75) is 90.9 Å². The fraction of sp³-hybridized carbons (Fsp3) is 0.941. The van der Waals surface area contributed by atoms with Gasteiger partial charge in [-0.1, -0.05) is 102 Å². The average Bonchev–Trinajstić information content (AvgIpc) is 2.45. The molecule has 0 aromatic carbocycles. The molecule has 0 aromatic rings. The van der Waals surface area contributed by atoms with Crippen molar-refractivity contribution in [1.82, 2.24) is 5.32 Å². The summed E-state index contributed by atoms with van der Waals surface area (Å²) < 4.78 is 1.01. The van der Waals surface area contributed by atoms with Crippen molar-refractivity contribution in [2.75, 3.05) is 12.3 Å². The standard InChI is InChI=1S/C17H35NS2.La.Zn/c1-3-5-7-9-11-13-15-18-17(19)20-16-14-12-10-8-6-4-2;;/h3-16H2,1-2H3,(H,18,19);;. The molecular formula is C17H35LaNS2Zn. The first-order chi connectivity index (χ1) is 9.81. The summed E-state index contributed by atoms with van der Waals surface area (Å²) in [6, 6.07) is 0. The molecule has 0 rings (SSSR count). The minimum Gasteiger partial charge on any atom is -0.371 e. The van der Waals surface area contributed by atoms with Gasteiger partial charge in [0.15, 0.2) is 0 Å². The smallest absolute Gasteiger partial charge is 0.133 e. The maximum Gasteiger partial charge on any atom is 0.133 e. The molecule has 0 aromatic heterocycles. The summed E-state index contributed by atoms with van der Waals surface area (Å²) in [5.41, 5.74) is 0. The van der Waals surface area contributed by atoms with Gasteiger partial charge in [0.2, 0.25) is 0 Å². The number of nitrogens with one attached hydrogen (secondary N) is 1. The Balaban J connectivity index is -0.00000180. The first-order valence-corrected chi connectivity index (χ1v) is 10.1. The molecule has 0 atom stereocenters. The van der Waals surface area contributed by atoms with E-state index in [2.05, 4.69) is 19.2 Å². The summed E-state index contributed by atoms with van der Waals surface area (Å²) in [4.78, 5) is 0. The second kappa shape index (κ2) is 25.3. The zero-order valence-electron chi connectivity index (χ0n) is 15.0. The molecule has 0 aliphatic rings. The quantitative estimate of drug-likeness (QED) is 0.163. The van der Waals surface area contributed by atoms with Crippen molar-refractivity contribution in [2.24, 2.45) is 0 Å². The maximum atomic E-state index is 5.35. The molecule has 1 nitrogen and oxygen atoms in total. The molecule has 1 N–H and O–H groups in total. The predicted molar refractivity (Wildman–Crippen MR) is 99.8 cm³/mol. The van der Waals surface area contributed by atoms with E-state index >= 15 is 0 Å². The Morgan fingerprint density at radius 1 is 0.773 bits per heavy atom. The summed E-state index contributed by atoms with van der Waals surface area (Å²) in [5.74, 6) is 1.19. The number of rotatable bonds is 14. The van der Waals surface area contributed by atoms with Crippen LogP contribution in [0.5, 0.6) is 0 Å². The average molecular weight is 522 g/mol. The monoisotopic (exact) mass is 520 g/mol. The Labute approximate surface area is 190 Å². The van der Waals surface area contributed by atoms with E-state index in [0.29, 0.717) is 0 Å². The van der Waals surface area contributed by atoms with Crippen LogP contribution >= 0.6 is 24.0 Å². The molecule has 1 radical (unpaired) electrons. The summed E-state index contributed by atoms with van der Waals surface area (Å²) in [6.07, 6.45) is 16.3. The zero-order valence-corrected chi connectivity index (χ0v) is 23.2. The number of hydrogen-bond acceptors (Lipinski definition) is 2. The summed E-state index contributed by atoms with van der Waals surface area (Å²) >= 11 is 7.18. The van der Waals surface area contributed by atoms with Gasteiger partial charge in [-0.2, -0.15) is 0 Å². The second-order valence-corrected chi connectivity index (χ2v) is 7.37. The fourth-order valence-electron chi connectivity index (χ4n) is 2.19. The number of unbranched alkanes of at least 4 members (excludes halogenated alkanes) is 10. The van der Waals surface area contributed by atoms with Gasteiger partial charge in [-0.3, -0.25) is 0 Å². The van der Waals surface area contributed by atoms with Gasteiger partial charge in [0.05, 0.1) is 0 Å². The Bertz CT molecular complexity index is 199. The molecule has 0 saturated heterocycles. The van der Waals surface area contributed by atoms with Crippen LogP contribution in [0.4, 0.5) is 0 Å². The molecule has 0 heterocycles. The number of thiocarbonyl (C=S) groups is 1. The molecule has 0 fully saturated rings. The molecule has 0 spiro atoms. The van der Waals surface area contributed by atoms with E-state index in [9.17, 15) is 0 Å². The summed E-state index contributed by atoms with van der Waals surface area (Å²) in [5, 5.41) is 3.38. The van der Waals surface area contributed by atoms with E-state index in [1.807, 2.05) is 11.8 Å². The van der Waals surface area contributed by atoms with Gasteiger partial charge >= 0.3 is 0 Å². The van der Waals surface area contributed by atoms with Crippen LogP contribution in [0.2, 0.25) is 0 Å². The predicted octanol–water partition coefficient (Wildman–Crippen LogP) is 6.31. The molecule has 0 unspecified atom stereocenters. The van der Waals surface area contributed by atoms with Crippen molar-refractivity contribution in [3.63, 3.8) is 0 Å². The molecule has 0 saturated carbocycles. The van der Waals surface area contributed by atoms with Gasteiger partial charge in [0.1, 0.15) is 4.32 Å². The van der Waals surface area contributed by atoms with E-state index < -0.39 is 0 Å². The van der Waals surface area contributed by atoms with Crippen LogP contribution in [0.1, 0.15) is 90.9 Å². The van der Waals surface area contributed by atoms with E-state index in [1.54, 1.807) is 0 Å². The van der Waals surface area contributed by atoms with E-state index in [1.165, 1.54) is 82.8 Å². The Hall–Kier alpha value is 2.06. The van der Waals surface area contributed by atoms with Crippen molar-refractivity contribution in [1.29, 1.82) is 0 Å². The largest absolute Gasteiger partial charge is 0.371 e. The third-order valence-corrected chi connectivity index (χ3v) is 4.93. The van der Waals surface area contributed by atoms with Crippen molar-refractivity contribution in [3.05, 3.63) is 0 Å². The summed E-state index contributed by atoms with van der Waals surface area (Å²) in [7, 11) is 0. The Kier molecular flexibility index (Phi) is 33.2. The SMILES string of the molecule is CCCCCCCCNC(=S)SCCCCCCCC.[La].[Zn]. The van der Waals surface area contributed by atoms with Crippen molar-refractivity contribution >= 4 is 28.3 Å². The van der Waals surface area contributed by atoms with Crippen LogP contribution in [-0.4, -0.2) is 16.6 Å². The summed E-state index contributed by atoms with van der Waals surface area (Å²) in [6.45, 7) is 5.60. The Morgan fingerprint density at radius 2 is 1.23 bits per heavy atom. The normalized spacial score (nSPS) is 9.73. The second-order valence-electron chi connectivity index (χ2n) is 5.60. The molecule has 22 heavy (non-hydrogen) atoms. The minimum absolute atomic E-state index is 0. The number of thioether (sulfide) groups is 1. The molecule has 0 aliphatic heterocycles. The molecule has 5 heteroatoms. The van der Waals surface area contributed by atoms with Gasteiger partial charge in [0, 0.05) is 67.4 Å². The van der Waals surface area contributed by atoms with Crippen LogP contribution in [0.15, 0.2) is 0 Å². The van der Waals surface area contributed by atoms with Crippen LogP contribution in [0.25, 0.3) is 0 Å². The van der Waals surface area contributed by atoms with Gasteiger partial charge in [-0.15, -0.1) is 0 Å². The molecule has 0 amide bonds. The van der Waals surface area contributed by atoms with E-state index in [0.717, 1.165) is 10.9 Å². The molecule has 0 bridgehead atoms. The third kappa shape index (κ3) is 24.3. The molecule has 0 aliphatic carbocycles. The molecule has 125 valence electrons. The van der Waals surface area contributed by atoms with E-state index in [4.69, 9.17) is 12.2 Å². The van der Waals surface area contributed by atoms with Crippen LogP contribution in [0.3, 0.4) is 0 Å². The fourth-order valence-corrected chi connectivity index (χ4v) is 3.28. The molecular weight excluding hydrogens is 487 g/mol. The van der Waals surface area contributed by atoms with Crippen LogP contribution < -0.4 is 5.32 Å². The third-order valence-electron chi connectivity index (χ3n) is 3.53. The van der Waals surface area contributed by atoms with Gasteiger partial charge in [0.25, 0.3) is 0 Å². The number of hydrogen-bond donors (Lipinski definition) is 1. The van der Waals surface area contributed by atoms with Crippen LogP contribution in [-0.2, 0) is 19.5 Å². The van der Waals surface area contributed by atoms with Crippen molar-refractivity contribution in [3.8, 4) is 0 Å². The first-order valence-electron chi connectivity index (χ1n) is 8.71. The minimum atomic E-state index is 0. The first kappa shape index (κ1) is 28.8. The van der Waals surface area contributed by atoms with Crippen molar-refractivity contribution < 1.29 is 55.1 Å². The maximum absolute atomic E-state index is 5.35. The van der Waals surface area contributed by atoms with Gasteiger partial charge in [-0.05, 0) is 12.8 Å². The van der Waals surface area contributed by atoms with Crippen LogP contribution in [0, 0.1) is 35.6 Å². The van der Waals surface area contributed by atoms with Gasteiger partial charge in [-0.25, -0.2) is 0 Å². The van der Waals surface area contributed by atoms with Gasteiger partial charge < -0.3 is 5.32 Å². The zero-order chi connectivity index (χ0) is 14.9.